The van der Waals surface area contributed by atoms with Gasteiger partial charge >= 0.3 is 0 Å². The first-order valence-electron chi connectivity index (χ1n) is 7.70. The minimum Gasteiger partial charge on any atom is -0.468 e. The van der Waals surface area contributed by atoms with Crippen molar-refractivity contribution in [3.63, 3.8) is 0 Å². The highest BCUT2D eigenvalue weighted by Gasteiger charge is 2.23. The van der Waals surface area contributed by atoms with Crippen molar-refractivity contribution in [2.75, 3.05) is 6.54 Å². The Kier molecular flexibility index (Phi) is 5.50. The standard InChI is InChI=1S/C18H19NO3S2/c20-24(21,15-16-6-2-1-3-7-16)19(14-17-8-4-12-22-17)11-10-18-9-5-13-23-18/h1-9,12-13H,10-11,14-15H2. The zero-order valence-corrected chi connectivity index (χ0v) is 14.8. The van der Waals surface area contributed by atoms with Crippen molar-refractivity contribution in [2.45, 2.75) is 18.7 Å². The lowest BCUT2D eigenvalue weighted by molar-refractivity contribution is 0.366. The molecule has 0 aliphatic heterocycles. The summed E-state index contributed by atoms with van der Waals surface area (Å²) in [5, 5.41) is 2.00. The lowest BCUT2D eigenvalue weighted by Gasteiger charge is -2.21. The third-order valence-electron chi connectivity index (χ3n) is 3.69. The van der Waals surface area contributed by atoms with Crippen molar-refractivity contribution in [1.82, 2.24) is 4.31 Å². The van der Waals surface area contributed by atoms with Gasteiger partial charge in [-0.15, -0.1) is 11.3 Å². The molecule has 3 aromatic rings. The fourth-order valence-electron chi connectivity index (χ4n) is 2.46. The van der Waals surface area contributed by atoms with E-state index in [1.807, 2.05) is 47.8 Å². The lowest BCUT2D eigenvalue weighted by atomic mass is 10.2. The van der Waals surface area contributed by atoms with Gasteiger partial charge < -0.3 is 4.42 Å². The summed E-state index contributed by atoms with van der Waals surface area (Å²) >= 11 is 1.64. The lowest BCUT2D eigenvalue weighted by Crippen LogP contribution is -2.33. The minimum absolute atomic E-state index is 0.00100. The molecular formula is C18H19NO3S2. The van der Waals surface area contributed by atoms with Crippen LogP contribution < -0.4 is 0 Å². The Labute approximate surface area is 146 Å². The first-order valence-corrected chi connectivity index (χ1v) is 10.2. The molecular weight excluding hydrogens is 342 g/mol. The molecule has 0 saturated heterocycles. The van der Waals surface area contributed by atoms with Gasteiger partial charge in [-0.25, -0.2) is 8.42 Å². The summed E-state index contributed by atoms with van der Waals surface area (Å²) in [6.45, 7) is 0.698. The SMILES string of the molecule is O=S(=O)(Cc1ccccc1)N(CCc1cccs1)Cc1ccco1. The Morgan fingerprint density at radius 2 is 1.83 bits per heavy atom. The van der Waals surface area contributed by atoms with Crippen LogP contribution in [-0.4, -0.2) is 19.3 Å². The van der Waals surface area contributed by atoms with Gasteiger partial charge in [0.1, 0.15) is 5.76 Å². The Hall–Kier alpha value is -1.89. The Balaban J connectivity index is 1.76. The van der Waals surface area contributed by atoms with Crippen LogP contribution in [0, 0.1) is 0 Å². The van der Waals surface area contributed by atoms with Gasteiger partial charge in [0.25, 0.3) is 0 Å². The van der Waals surface area contributed by atoms with E-state index in [-0.39, 0.29) is 12.3 Å². The number of sulfonamides is 1. The highest BCUT2D eigenvalue weighted by molar-refractivity contribution is 7.88. The van der Waals surface area contributed by atoms with Crippen LogP contribution in [0.2, 0.25) is 0 Å². The van der Waals surface area contributed by atoms with Crippen LogP contribution in [0.25, 0.3) is 0 Å². The molecule has 4 nitrogen and oxygen atoms in total. The van der Waals surface area contributed by atoms with E-state index in [9.17, 15) is 8.42 Å². The summed E-state index contributed by atoms with van der Waals surface area (Å²) in [4.78, 5) is 1.18. The highest BCUT2D eigenvalue weighted by atomic mass is 32.2. The Bertz CT molecular complexity index is 826. The number of thiophene rings is 1. The van der Waals surface area contributed by atoms with Gasteiger partial charge in [-0.1, -0.05) is 36.4 Å². The van der Waals surface area contributed by atoms with E-state index in [1.165, 1.54) is 9.18 Å². The van der Waals surface area contributed by atoms with E-state index in [1.54, 1.807) is 29.7 Å². The first kappa shape index (κ1) is 17.0. The quantitative estimate of drug-likeness (QED) is 0.611. The van der Waals surface area contributed by atoms with Crippen molar-refractivity contribution in [3.8, 4) is 0 Å². The molecule has 0 unspecified atom stereocenters. The summed E-state index contributed by atoms with van der Waals surface area (Å²) in [5.74, 6) is 0.650. The van der Waals surface area contributed by atoms with Gasteiger partial charge in [0.2, 0.25) is 10.0 Å². The fourth-order valence-corrected chi connectivity index (χ4v) is 4.65. The van der Waals surface area contributed by atoms with E-state index in [0.29, 0.717) is 18.7 Å². The third kappa shape index (κ3) is 4.56. The van der Waals surface area contributed by atoms with Crippen molar-refractivity contribution in [3.05, 3.63) is 82.4 Å². The number of benzene rings is 1. The largest absolute Gasteiger partial charge is 0.468 e. The minimum atomic E-state index is -3.43. The predicted octanol–water partition coefficient (Wildman–Crippen LogP) is 3.92. The molecule has 0 radical (unpaired) electrons. The van der Waals surface area contributed by atoms with Gasteiger partial charge in [0.05, 0.1) is 18.6 Å². The van der Waals surface area contributed by atoms with E-state index < -0.39 is 10.0 Å². The van der Waals surface area contributed by atoms with E-state index in [0.717, 1.165) is 5.56 Å². The highest BCUT2D eigenvalue weighted by Crippen LogP contribution is 2.17. The maximum absolute atomic E-state index is 12.9. The second-order valence-corrected chi connectivity index (χ2v) is 8.49. The molecule has 24 heavy (non-hydrogen) atoms. The van der Waals surface area contributed by atoms with Crippen LogP contribution in [-0.2, 0) is 28.7 Å². The first-order chi connectivity index (χ1) is 11.6. The molecule has 0 spiro atoms. The van der Waals surface area contributed by atoms with Crippen molar-refractivity contribution in [1.29, 1.82) is 0 Å². The Morgan fingerprint density at radius 1 is 1.00 bits per heavy atom. The van der Waals surface area contributed by atoms with Crippen LogP contribution in [0.1, 0.15) is 16.2 Å². The zero-order valence-electron chi connectivity index (χ0n) is 13.2. The number of hydrogen-bond acceptors (Lipinski definition) is 4. The number of hydrogen-bond donors (Lipinski definition) is 0. The molecule has 0 aliphatic rings. The topological polar surface area (TPSA) is 50.5 Å². The maximum Gasteiger partial charge on any atom is 0.218 e. The monoisotopic (exact) mass is 361 g/mol. The van der Waals surface area contributed by atoms with Gasteiger partial charge in [-0.3, -0.25) is 0 Å². The van der Waals surface area contributed by atoms with Crippen LogP contribution >= 0.6 is 11.3 Å². The van der Waals surface area contributed by atoms with Crippen LogP contribution in [0.4, 0.5) is 0 Å². The predicted molar refractivity (Wildman–Crippen MR) is 96.2 cm³/mol. The molecule has 126 valence electrons. The average molecular weight is 361 g/mol. The summed E-state index contributed by atoms with van der Waals surface area (Å²) < 4.78 is 32.6. The number of rotatable bonds is 8. The molecule has 2 heterocycles. The third-order valence-corrected chi connectivity index (χ3v) is 6.42. The molecule has 0 amide bonds. The molecule has 6 heteroatoms. The van der Waals surface area contributed by atoms with Crippen molar-refractivity contribution in [2.24, 2.45) is 0 Å². The van der Waals surface area contributed by atoms with Crippen LogP contribution in [0.15, 0.2) is 70.7 Å². The van der Waals surface area contributed by atoms with Crippen molar-refractivity contribution < 1.29 is 12.8 Å². The molecule has 3 rings (SSSR count). The molecule has 0 aliphatic carbocycles. The van der Waals surface area contributed by atoms with Gasteiger partial charge in [-0.2, -0.15) is 4.31 Å². The second-order valence-electron chi connectivity index (χ2n) is 5.48. The van der Waals surface area contributed by atoms with E-state index in [4.69, 9.17) is 4.42 Å². The fraction of sp³-hybridized carbons (Fsp3) is 0.222. The second kappa shape index (κ2) is 7.79. The number of nitrogens with zero attached hydrogens (tertiary/aromatic N) is 1. The average Bonchev–Trinajstić information content (AvgIpc) is 3.25. The molecule has 0 saturated carbocycles. The smallest absolute Gasteiger partial charge is 0.218 e. The summed E-state index contributed by atoms with van der Waals surface area (Å²) in [6.07, 6.45) is 2.27. The summed E-state index contributed by atoms with van der Waals surface area (Å²) in [6, 6.07) is 16.8. The van der Waals surface area contributed by atoms with E-state index >= 15 is 0 Å². The maximum atomic E-state index is 12.9. The van der Waals surface area contributed by atoms with Crippen LogP contribution in [0.5, 0.6) is 0 Å². The normalized spacial score (nSPS) is 11.9. The van der Waals surface area contributed by atoms with Gasteiger partial charge in [-0.05, 0) is 35.6 Å². The molecule has 2 aromatic heterocycles. The zero-order chi connectivity index (χ0) is 16.8. The molecule has 0 atom stereocenters. The van der Waals surface area contributed by atoms with Gasteiger partial charge in [0.15, 0.2) is 0 Å². The van der Waals surface area contributed by atoms with Crippen LogP contribution in [0.3, 0.4) is 0 Å². The van der Waals surface area contributed by atoms with Gasteiger partial charge in [0, 0.05) is 11.4 Å². The molecule has 0 fully saturated rings. The van der Waals surface area contributed by atoms with Crippen molar-refractivity contribution >= 4 is 21.4 Å². The number of furan rings is 1. The molecule has 0 N–H and O–H groups in total. The summed E-state index contributed by atoms with van der Waals surface area (Å²) in [5.41, 5.74) is 0.790. The van der Waals surface area contributed by atoms with E-state index in [2.05, 4.69) is 0 Å². The molecule has 0 bridgehead atoms. The Morgan fingerprint density at radius 3 is 2.50 bits per heavy atom. The molecule has 1 aromatic carbocycles. The summed E-state index contributed by atoms with van der Waals surface area (Å²) in [7, 11) is -3.43.